The predicted molar refractivity (Wildman–Crippen MR) is 109 cm³/mol. The SMILES string of the molecule is O=C(c1cn(Cc2ccc(Cl)cc2)nn1)N1CCC[C@H](OCc2cccnc2)C1. The van der Waals surface area contributed by atoms with Crippen molar-refractivity contribution in [2.75, 3.05) is 13.1 Å². The molecule has 1 amide bonds. The lowest BCUT2D eigenvalue weighted by atomic mass is 10.1. The number of piperidine rings is 1. The van der Waals surface area contributed by atoms with Crippen LogP contribution in [0, 0.1) is 0 Å². The summed E-state index contributed by atoms with van der Waals surface area (Å²) in [6, 6.07) is 11.4. The third-order valence-corrected chi connectivity index (χ3v) is 5.14. The summed E-state index contributed by atoms with van der Waals surface area (Å²) in [5.41, 5.74) is 2.42. The van der Waals surface area contributed by atoms with Crippen molar-refractivity contribution < 1.29 is 9.53 Å². The van der Waals surface area contributed by atoms with Gasteiger partial charge in [-0.05, 0) is 42.2 Å². The van der Waals surface area contributed by atoms with Gasteiger partial charge < -0.3 is 9.64 Å². The summed E-state index contributed by atoms with van der Waals surface area (Å²) in [4.78, 5) is 18.8. The minimum Gasteiger partial charge on any atom is -0.372 e. The first-order chi connectivity index (χ1) is 14.2. The Hall–Kier alpha value is -2.77. The van der Waals surface area contributed by atoms with Crippen LogP contribution < -0.4 is 0 Å². The van der Waals surface area contributed by atoms with Crippen molar-refractivity contribution in [2.24, 2.45) is 0 Å². The molecule has 0 bridgehead atoms. The van der Waals surface area contributed by atoms with Crippen molar-refractivity contribution in [3.05, 3.63) is 76.8 Å². The van der Waals surface area contributed by atoms with Crippen molar-refractivity contribution >= 4 is 17.5 Å². The molecule has 0 aliphatic carbocycles. The second kappa shape index (κ2) is 9.15. The Morgan fingerprint density at radius 3 is 2.86 bits per heavy atom. The van der Waals surface area contributed by atoms with Crippen LogP contribution in [0.2, 0.25) is 5.02 Å². The van der Waals surface area contributed by atoms with Gasteiger partial charge in [-0.15, -0.1) is 5.10 Å². The van der Waals surface area contributed by atoms with Crippen LogP contribution in [0.5, 0.6) is 0 Å². The summed E-state index contributed by atoms with van der Waals surface area (Å²) in [5, 5.41) is 8.85. The summed E-state index contributed by atoms with van der Waals surface area (Å²) in [6.45, 7) is 2.30. The van der Waals surface area contributed by atoms with E-state index in [1.807, 2.05) is 36.4 Å². The second-order valence-corrected chi connectivity index (χ2v) is 7.55. The Morgan fingerprint density at radius 2 is 2.07 bits per heavy atom. The Morgan fingerprint density at radius 1 is 1.21 bits per heavy atom. The van der Waals surface area contributed by atoms with E-state index >= 15 is 0 Å². The molecule has 0 saturated carbocycles. The molecule has 1 saturated heterocycles. The Labute approximate surface area is 174 Å². The van der Waals surface area contributed by atoms with E-state index in [9.17, 15) is 4.79 Å². The van der Waals surface area contributed by atoms with Gasteiger partial charge in [0.1, 0.15) is 0 Å². The van der Waals surface area contributed by atoms with E-state index in [2.05, 4.69) is 15.3 Å². The lowest BCUT2D eigenvalue weighted by molar-refractivity contribution is -0.00697. The maximum absolute atomic E-state index is 12.9. The first kappa shape index (κ1) is 19.5. The highest BCUT2D eigenvalue weighted by molar-refractivity contribution is 6.30. The summed E-state index contributed by atoms with van der Waals surface area (Å²) in [6.07, 6.45) is 7.08. The largest absolute Gasteiger partial charge is 0.372 e. The molecule has 0 N–H and O–H groups in total. The number of carbonyl (C=O) groups excluding carboxylic acids is 1. The summed E-state index contributed by atoms with van der Waals surface area (Å²) >= 11 is 5.92. The summed E-state index contributed by atoms with van der Waals surface area (Å²) in [7, 11) is 0. The number of pyridine rings is 1. The standard InChI is InChI=1S/C21H22ClN5O2/c22-18-7-5-16(6-8-18)12-27-14-20(24-25-27)21(28)26-10-2-4-19(13-26)29-15-17-3-1-9-23-11-17/h1,3,5-9,11,14,19H,2,4,10,12-13,15H2/t19-/m0/s1. The number of likely N-dealkylation sites (tertiary alicyclic amines) is 1. The molecule has 2 aromatic heterocycles. The van der Waals surface area contributed by atoms with Gasteiger partial charge in [-0.2, -0.15) is 0 Å². The lowest BCUT2D eigenvalue weighted by Crippen LogP contribution is -2.43. The van der Waals surface area contributed by atoms with Crippen LogP contribution in [0.3, 0.4) is 0 Å². The van der Waals surface area contributed by atoms with Gasteiger partial charge in [-0.1, -0.05) is 35.0 Å². The highest BCUT2D eigenvalue weighted by Crippen LogP contribution is 2.17. The van der Waals surface area contributed by atoms with Gasteiger partial charge in [-0.3, -0.25) is 9.78 Å². The number of hydrogen-bond donors (Lipinski definition) is 0. The van der Waals surface area contributed by atoms with Crippen LogP contribution in [0.1, 0.15) is 34.5 Å². The number of hydrogen-bond acceptors (Lipinski definition) is 5. The zero-order valence-electron chi connectivity index (χ0n) is 15.9. The quantitative estimate of drug-likeness (QED) is 0.622. The number of carbonyl (C=O) groups is 1. The smallest absolute Gasteiger partial charge is 0.276 e. The summed E-state index contributed by atoms with van der Waals surface area (Å²) in [5.74, 6) is -0.109. The van der Waals surface area contributed by atoms with Gasteiger partial charge in [0.05, 0.1) is 25.5 Å². The van der Waals surface area contributed by atoms with Crippen molar-refractivity contribution in [1.82, 2.24) is 24.9 Å². The third-order valence-electron chi connectivity index (χ3n) is 4.89. The summed E-state index contributed by atoms with van der Waals surface area (Å²) < 4.78 is 7.66. The molecule has 7 nitrogen and oxygen atoms in total. The third kappa shape index (κ3) is 5.19. The van der Waals surface area contributed by atoms with E-state index in [4.69, 9.17) is 16.3 Å². The molecule has 8 heteroatoms. The molecule has 3 heterocycles. The van der Waals surface area contributed by atoms with E-state index in [0.29, 0.717) is 37.0 Å². The Kier molecular flexibility index (Phi) is 6.17. The number of amides is 1. The molecule has 150 valence electrons. The molecule has 1 aromatic carbocycles. The van der Waals surface area contributed by atoms with Crippen LogP contribution in [-0.2, 0) is 17.9 Å². The second-order valence-electron chi connectivity index (χ2n) is 7.12. The number of nitrogens with zero attached hydrogens (tertiary/aromatic N) is 5. The molecule has 0 spiro atoms. The van der Waals surface area contributed by atoms with Gasteiger partial charge in [0.15, 0.2) is 5.69 Å². The van der Waals surface area contributed by atoms with Crippen LogP contribution in [0.25, 0.3) is 0 Å². The van der Waals surface area contributed by atoms with Crippen LogP contribution in [-0.4, -0.2) is 50.0 Å². The van der Waals surface area contributed by atoms with Crippen molar-refractivity contribution in [2.45, 2.75) is 32.1 Å². The zero-order chi connectivity index (χ0) is 20.1. The first-order valence-electron chi connectivity index (χ1n) is 9.62. The minimum atomic E-state index is -0.109. The monoisotopic (exact) mass is 411 g/mol. The maximum Gasteiger partial charge on any atom is 0.276 e. The van der Waals surface area contributed by atoms with Crippen molar-refractivity contribution in [3.8, 4) is 0 Å². The average Bonchev–Trinajstić information content (AvgIpc) is 3.23. The molecule has 1 atom stereocenters. The topological polar surface area (TPSA) is 73.1 Å². The fraction of sp³-hybridized carbons (Fsp3) is 0.333. The fourth-order valence-corrected chi connectivity index (χ4v) is 3.49. The normalized spacial score (nSPS) is 16.7. The van der Waals surface area contributed by atoms with Gasteiger partial charge >= 0.3 is 0 Å². The van der Waals surface area contributed by atoms with Crippen LogP contribution in [0.4, 0.5) is 0 Å². The maximum atomic E-state index is 12.9. The van der Waals surface area contributed by atoms with E-state index < -0.39 is 0 Å². The van der Waals surface area contributed by atoms with Crippen LogP contribution in [0.15, 0.2) is 55.0 Å². The molecule has 4 rings (SSSR count). The van der Waals surface area contributed by atoms with E-state index in [1.165, 1.54) is 0 Å². The van der Waals surface area contributed by atoms with Crippen molar-refractivity contribution in [1.29, 1.82) is 0 Å². The molecule has 0 radical (unpaired) electrons. The highest BCUT2D eigenvalue weighted by Gasteiger charge is 2.26. The predicted octanol–water partition coefficient (Wildman–Crippen LogP) is 3.20. The fourth-order valence-electron chi connectivity index (χ4n) is 3.37. The van der Waals surface area contributed by atoms with Gasteiger partial charge in [0.25, 0.3) is 5.91 Å². The minimum absolute atomic E-state index is 0.0111. The van der Waals surface area contributed by atoms with E-state index in [0.717, 1.165) is 24.0 Å². The zero-order valence-corrected chi connectivity index (χ0v) is 16.7. The Balaban J connectivity index is 1.34. The van der Waals surface area contributed by atoms with Crippen molar-refractivity contribution in [3.63, 3.8) is 0 Å². The van der Waals surface area contributed by atoms with E-state index in [-0.39, 0.29) is 12.0 Å². The number of halogens is 1. The van der Waals surface area contributed by atoms with Gasteiger partial charge in [0.2, 0.25) is 0 Å². The Bertz CT molecular complexity index is 945. The number of rotatable bonds is 6. The molecule has 0 unspecified atom stereocenters. The molecule has 1 fully saturated rings. The number of ether oxygens (including phenoxy) is 1. The molecular weight excluding hydrogens is 390 g/mol. The van der Waals surface area contributed by atoms with E-state index in [1.54, 1.807) is 28.2 Å². The van der Waals surface area contributed by atoms with Gasteiger partial charge in [-0.25, -0.2) is 4.68 Å². The molecule has 29 heavy (non-hydrogen) atoms. The van der Waals surface area contributed by atoms with Gasteiger partial charge in [0, 0.05) is 30.5 Å². The molecular formula is C21H22ClN5O2. The number of aromatic nitrogens is 4. The molecule has 1 aliphatic heterocycles. The number of benzene rings is 1. The van der Waals surface area contributed by atoms with Crippen LogP contribution >= 0.6 is 11.6 Å². The molecule has 1 aliphatic rings. The molecule has 3 aromatic rings. The lowest BCUT2D eigenvalue weighted by Gasteiger charge is -2.32. The average molecular weight is 412 g/mol. The highest BCUT2D eigenvalue weighted by atomic mass is 35.5. The first-order valence-corrected chi connectivity index (χ1v) is 9.99.